The van der Waals surface area contributed by atoms with Crippen molar-refractivity contribution in [3.63, 3.8) is 0 Å². The van der Waals surface area contributed by atoms with Crippen LogP contribution in [0.2, 0.25) is 0 Å². The van der Waals surface area contributed by atoms with Crippen molar-refractivity contribution in [1.82, 2.24) is 25.9 Å². The zero-order valence-electron chi connectivity index (χ0n) is 32.6. The van der Waals surface area contributed by atoms with Gasteiger partial charge in [0.05, 0.1) is 43.1 Å². The van der Waals surface area contributed by atoms with Gasteiger partial charge in [-0.05, 0) is 67.1 Å². The molecule has 2 N–H and O–H groups in total. The summed E-state index contributed by atoms with van der Waals surface area (Å²) in [6.07, 6.45) is 1.87. The Morgan fingerprint density at radius 3 is 2.53 bits per heavy atom. The zero-order valence-corrected chi connectivity index (χ0v) is 33.5. The third kappa shape index (κ3) is 10.5. The molecule has 0 amide bonds. The largest absolute Gasteiger partial charge is 0.490 e. The van der Waals surface area contributed by atoms with Crippen molar-refractivity contribution in [3.05, 3.63) is 94.8 Å². The molecule has 1 aromatic heterocycles. The Bertz CT molecular complexity index is 1880. The average Bonchev–Trinajstić information content (AvgIpc) is 3.74. The summed E-state index contributed by atoms with van der Waals surface area (Å²) >= 11 is 0. The Kier molecular flexibility index (Phi) is 14.3. The number of hydrogen-bond acceptors (Lipinski definition) is 12. The predicted molar refractivity (Wildman–Crippen MR) is 210 cm³/mol. The number of tetrazole rings is 1. The first kappa shape index (κ1) is 40.7. The van der Waals surface area contributed by atoms with Gasteiger partial charge in [0.25, 0.3) is 0 Å². The molecule has 2 aliphatic heterocycles. The smallest absolute Gasteiger partial charge is 0.209 e. The number of aromatic amines is 1. The number of hydrogen-bond donors (Lipinski definition) is 2. The van der Waals surface area contributed by atoms with Gasteiger partial charge in [0.1, 0.15) is 12.4 Å². The molecule has 6 rings (SSSR count). The number of H-pyrrole nitrogens is 1. The van der Waals surface area contributed by atoms with Crippen LogP contribution in [0.3, 0.4) is 0 Å². The monoisotopic (exact) mass is 776 g/mol. The fourth-order valence-corrected chi connectivity index (χ4v) is 9.09. The summed E-state index contributed by atoms with van der Waals surface area (Å²) in [7, 11) is -0.617. The van der Waals surface area contributed by atoms with Crippen LogP contribution in [0, 0.1) is 12.8 Å². The molecule has 3 heterocycles. The van der Waals surface area contributed by atoms with Gasteiger partial charge >= 0.3 is 0 Å². The first-order valence-corrected chi connectivity index (χ1v) is 20.8. The van der Waals surface area contributed by atoms with Crippen molar-refractivity contribution in [2.75, 3.05) is 65.2 Å². The lowest BCUT2D eigenvalue weighted by Gasteiger charge is -2.40. The molecule has 2 aliphatic rings. The minimum absolute atomic E-state index is 0.0635. The number of piperidine rings is 1. The number of methoxy groups -OCH3 is 2. The predicted octanol–water partition coefficient (Wildman–Crippen LogP) is 5.74. The van der Waals surface area contributed by atoms with E-state index < -0.39 is 21.4 Å². The van der Waals surface area contributed by atoms with Gasteiger partial charge in [-0.15, -0.1) is 10.2 Å². The van der Waals surface area contributed by atoms with E-state index in [4.69, 9.17) is 23.7 Å². The maximum atomic E-state index is 14.7. The van der Waals surface area contributed by atoms with Gasteiger partial charge in [0, 0.05) is 57.7 Å². The van der Waals surface area contributed by atoms with Crippen LogP contribution in [0.15, 0.2) is 71.6 Å². The molecule has 0 radical (unpaired) electrons. The van der Waals surface area contributed by atoms with E-state index in [2.05, 4.69) is 69.0 Å². The second-order valence-corrected chi connectivity index (χ2v) is 16.9. The molecule has 3 unspecified atom stereocenters. The summed E-state index contributed by atoms with van der Waals surface area (Å²) in [5.41, 5.74) is 3.27. The molecular weight excluding hydrogens is 721 g/mol. The Morgan fingerprint density at radius 1 is 1.00 bits per heavy atom. The van der Waals surface area contributed by atoms with Gasteiger partial charge in [0.2, 0.25) is 9.84 Å². The van der Waals surface area contributed by atoms with Crippen LogP contribution >= 0.6 is 0 Å². The summed E-state index contributed by atoms with van der Waals surface area (Å²) in [4.78, 5) is 2.45. The van der Waals surface area contributed by atoms with Crippen LogP contribution in [-0.2, 0) is 35.4 Å². The van der Waals surface area contributed by atoms with E-state index in [9.17, 15) is 8.42 Å². The second kappa shape index (κ2) is 19.3. The molecule has 1 fully saturated rings. The normalized spacial score (nSPS) is 20.4. The van der Waals surface area contributed by atoms with Crippen LogP contribution in [-0.4, -0.2) is 101 Å². The molecule has 1 saturated heterocycles. The maximum Gasteiger partial charge on any atom is 0.209 e. The van der Waals surface area contributed by atoms with E-state index in [1.807, 2.05) is 37.3 Å². The van der Waals surface area contributed by atoms with E-state index in [-0.39, 0.29) is 22.8 Å². The number of aromatic nitrogens is 4. The van der Waals surface area contributed by atoms with Gasteiger partial charge in [0.15, 0.2) is 11.3 Å². The highest BCUT2D eigenvalue weighted by Crippen LogP contribution is 2.42. The lowest BCUT2D eigenvalue weighted by molar-refractivity contribution is -0.00706. The Hall–Kier alpha value is -3.92. The molecule has 14 heteroatoms. The van der Waals surface area contributed by atoms with Crippen LogP contribution in [0.25, 0.3) is 0 Å². The van der Waals surface area contributed by atoms with E-state index >= 15 is 0 Å². The van der Waals surface area contributed by atoms with Crippen molar-refractivity contribution in [2.24, 2.45) is 5.92 Å². The number of rotatable bonds is 19. The van der Waals surface area contributed by atoms with Crippen LogP contribution in [0.5, 0.6) is 5.75 Å². The molecular formula is C41H56N6O7S. The minimum Gasteiger partial charge on any atom is -0.490 e. The molecule has 4 aromatic rings. The molecule has 0 aliphatic carbocycles. The summed E-state index contributed by atoms with van der Waals surface area (Å²) < 4.78 is 59.0. The highest BCUT2D eigenvalue weighted by molar-refractivity contribution is 7.91. The molecule has 0 bridgehead atoms. The van der Waals surface area contributed by atoms with Crippen LogP contribution in [0.4, 0.5) is 5.69 Å². The lowest BCUT2D eigenvalue weighted by Crippen LogP contribution is -2.48. The third-order valence-corrected chi connectivity index (χ3v) is 12.4. The van der Waals surface area contributed by atoms with Crippen molar-refractivity contribution in [1.29, 1.82) is 0 Å². The van der Waals surface area contributed by atoms with E-state index in [1.165, 1.54) is 0 Å². The summed E-state index contributed by atoms with van der Waals surface area (Å²) in [5, 5.41) is 18.4. The molecule has 0 saturated carbocycles. The summed E-state index contributed by atoms with van der Waals surface area (Å²) in [6.45, 7) is 11.0. The number of ether oxygens (including phenoxy) is 5. The first-order valence-electron chi connectivity index (χ1n) is 19.2. The Morgan fingerprint density at radius 2 is 1.80 bits per heavy atom. The average molecular weight is 777 g/mol. The van der Waals surface area contributed by atoms with Crippen LogP contribution in [0.1, 0.15) is 78.5 Å². The fraction of sp³-hybridized carbons (Fsp3) is 0.537. The highest BCUT2D eigenvalue weighted by atomic mass is 32.2. The highest BCUT2D eigenvalue weighted by Gasteiger charge is 2.40. The van der Waals surface area contributed by atoms with Crippen molar-refractivity contribution in [2.45, 2.75) is 81.0 Å². The third-order valence-electron chi connectivity index (χ3n) is 10.5. The van der Waals surface area contributed by atoms with Gasteiger partial charge in [-0.1, -0.05) is 67.1 Å². The van der Waals surface area contributed by atoms with Crippen molar-refractivity contribution in [3.8, 4) is 5.75 Å². The van der Waals surface area contributed by atoms with E-state index in [1.54, 1.807) is 26.4 Å². The number of fused-ring (bicyclic) bond motifs is 1. The van der Waals surface area contributed by atoms with Crippen molar-refractivity contribution >= 4 is 15.5 Å². The summed E-state index contributed by atoms with van der Waals surface area (Å²) in [5.74, 6) is 1.65. The zero-order chi connectivity index (χ0) is 38.8. The topological polar surface area (TPSA) is 150 Å². The maximum absolute atomic E-state index is 14.7. The van der Waals surface area contributed by atoms with Gasteiger partial charge < -0.3 is 33.9 Å². The number of sulfone groups is 1. The number of aryl methyl sites for hydroxylation is 1. The lowest BCUT2D eigenvalue weighted by atomic mass is 9.81. The quantitative estimate of drug-likeness (QED) is 0.112. The summed E-state index contributed by atoms with van der Waals surface area (Å²) in [6, 6.07) is 21.2. The Balaban J connectivity index is 1.31. The number of anilines is 1. The molecule has 3 aromatic carbocycles. The van der Waals surface area contributed by atoms with E-state index in [0.29, 0.717) is 63.4 Å². The first-order chi connectivity index (χ1) is 26.7. The SMILES string of the molecule is COCCCN1CCOc2ccc(C(O[C@H]3CN[C@@H](CC(C)c4nn[nH]n4)C[C@@H]3c3ccc(COCC(C)COC)cc3)S(=O)(=O)c3ccc(C)cc3)cc21. The van der Waals surface area contributed by atoms with E-state index in [0.717, 1.165) is 53.9 Å². The molecule has 0 spiro atoms. The van der Waals surface area contributed by atoms with Gasteiger partial charge in [-0.25, -0.2) is 8.42 Å². The Labute approximate surface area is 325 Å². The molecule has 55 heavy (non-hydrogen) atoms. The molecule has 298 valence electrons. The number of nitrogens with one attached hydrogen (secondary N) is 2. The fourth-order valence-electron chi connectivity index (χ4n) is 7.53. The van der Waals surface area contributed by atoms with Gasteiger partial charge in [-0.3, -0.25) is 0 Å². The number of benzene rings is 3. The van der Waals surface area contributed by atoms with Crippen molar-refractivity contribution < 1.29 is 32.1 Å². The van der Waals surface area contributed by atoms with Crippen LogP contribution < -0.4 is 15.0 Å². The van der Waals surface area contributed by atoms with Gasteiger partial charge in [-0.2, -0.15) is 5.21 Å². The standard InChI is InChI=1S/C41H56N6O7S/c1-28-7-14-35(15-8-28)55(48,49)41(33-13-16-38-37(22-33)47(18-20-53-38)17-6-19-50-4)54-39-24-42-34(21-30(3)40-43-45-46-44-40)23-36(39)32-11-9-31(10-12-32)27-52-26-29(2)25-51-5/h7-16,22,29-30,34,36,39,41-42H,6,17-21,23-27H2,1-5H3,(H,43,44,45,46)/t29?,30?,34-,36+,39-,41?/m0/s1. The number of nitrogens with zero attached hydrogens (tertiary/aromatic N) is 4. The molecule has 13 nitrogen and oxygen atoms in total. The molecule has 6 atom stereocenters. The second-order valence-electron chi connectivity index (χ2n) is 14.9. The minimum atomic E-state index is -4.01.